The molecule has 0 spiro atoms. The number of fused-ring (bicyclic) bond motifs is 2. The normalized spacial score (nSPS) is 38.0. The first-order valence-electron chi connectivity index (χ1n) is 7.40. The fraction of sp³-hybridized carbons (Fsp3) is 1.00. The Hall–Kier alpha value is -0.670. The summed E-state index contributed by atoms with van der Waals surface area (Å²) in [6.45, 7) is 3.06. The number of aliphatic hydroxyl groups is 1. The van der Waals surface area contributed by atoms with Crippen LogP contribution in [-0.2, 0) is 0 Å². The third-order valence-corrected chi connectivity index (χ3v) is 6.17. The summed E-state index contributed by atoms with van der Waals surface area (Å²) in [5.74, 6) is -2.85. The van der Waals surface area contributed by atoms with Gasteiger partial charge in [0.1, 0.15) is 0 Å². The average molecular weight is 372 g/mol. The molecule has 0 aromatic heterocycles. The molecule has 2 aliphatic carbocycles. The third kappa shape index (κ3) is 2.50. The van der Waals surface area contributed by atoms with Crippen molar-refractivity contribution in [2.24, 2.45) is 29.1 Å². The van der Waals surface area contributed by atoms with Crippen LogP contribution in [0, 0.1) is 29.1 Å². The number of alkyl halides is 9. The molecule has 0 heterocycles. The molecule has 24 heavy (non-hydrogen) atoms. The lowest BCUT2D eigenvalue weighted by atomic mass is 9.61. The summed E-state index contributed by atoms with van der Waals surface area (Å²) in [5.41, 5.74) is -8.58. The topological polar surface area (TPSA) is 20.2 Å². The SMILES string of the molecule is CC1C2CC(C1C)C(CC(O)(C(F)(F)F)C(F)(F)F)(C(F)(F)F)C2. The van der Waals surface area contributed by atoms with Gasteiger partial charge in [-0.2, -0.15) is 39.5 Å². The lowest BCUT2D eigenvalue weighted by Gasteiger charge is -2.48. The number of hydrogen-bond donors (Lipinski definition) is 1. The lowest BCUT2D eigenvalue weighted by Crippen LogP contribution is -2.62. The van der Waals surface area contributed by atoms with E-state index in [4.69, 9.17) is 0 Å². The molecule has 2 rings (SSSR count). The summed E-state index contributed by atoms with van der Waals surface area (Å²) in [6, 6.07) is 0. The Balaban J connectivity index is 2.53. The van der Waals surface area contributed by atoms with Crippen LogP contribution in [0.25, 0.3) is 0 Å². The van der Waals surface area contributed by atoms with Gasteiger partial charge in [0.2, 0.25) is 0 Å². The minimum atomic E-state index is -6.25. The van der Waals surface area contributed by atoms with Gasteiger partial charge in [-0.1, -0.05) is 13.8 Å². The second-order valence-corrected chi connectivity index (χ2v) is 7.21. The molecule has 10 heteroatoms. The Kier molecular flexibility index (Phi) is 4.23. The zero-order valence-corrected chi connectivity index (χ0v) is 12.8. The van der Waals surface area contributed by atoms with Crippen molar-refractivity contribution < 1.29 is 44.6 Å². The third-order valence-electron chi connectivity index (χ3n) is 6.17. The monoisotopic (exact) mass is 372 g/mol. The zero-order valence-electron chi connectivity index (χ0n) is 12.8. The van der Waals surface area contributed by atoms with E-state index in [2.05, 4.69) is 0 Å². The van der Waals surface area contributed by atoms with Gasteiger partial charge in [0.15, 0.2) is 0 Å². The predicted octanol–water partition coefficient (Wildman–Crippen LogP) is 5.09. The number of rotatable bonds is 2. The molecule has 0 aromatic rings. The first kappa shape index (κ1) is 19.7. The molecule has 0 radical (unpaired) electrons. The molecule has 5 atom stereocenters. The van der Waals surface area contributed by atoms with Crippen molar-refractivity contribution in [1.29, 1.82) is 0 Å². The maximum atomic E-state index is 13.6. The Labute approximate surface area is 132 Å². The molecule has 0 saturated heterocycles. The van der Waals surface area contributed by atoms with E-state index >= 15 is 0 Å². The Bertz CT molecular complexity index is 476. The minimum Gasteiger partial charge on any atom is -0.374 e. The van der Waals surface area contributed by atoms with Crippen molar-refractivity contribution in [1.82, 2.24) is 0 Å². The van der Waals surface area contributed by atoms with Gasteiger partial charge in [-0.3, -0.25) is 0 Å². The van der Waals surface area contributed by atoms with Crippen LogP contribution in [0.15, 0.2) is 0 Å². The smallest absolute Gasteiger partial charge is 0.374 e. The average Bonchev–Trinajstić information content (AvgIpc) is 2.85. The fourth-order valence-corrected chi connectivity index (χ4v) is 4.62. The lowest BCUT2D eigenvalue weighted by molar-refractivity contribution is -0.389. The summed E-state index contributed by atoms with van der Waals surface area (Å²) < 4.78 is 118. The summed E-state index contributed by atoms with van der Waals surface area (Å²) in [6.07, 6.45) is -21.1. The molecule has 142 valence electrons. The van der Waals surface area contributed by atoms with Crippen molar-refractivity contribution >= 4 is 0 Å². The van der Waals surface area contributed by atoms with Gasteiger partial charge >= 0.3 is 18.5 Å². The molecule has 2 bridgehead atoms. The van der Waals surface area contributed by atoms with E-state index in [1.807, 2.05) is 0 Å². The predicted molar refractivity (Wildman–Crippen MR) is 64.7 cm³/mol. The summed E-state index contributed by atoms with van der Waals surface area (Å²) in [5, 5.41) is 9.30. The standard InChI is InChI=1S/C14H17F9O/c1-6-7(2)9-3-8(6)4-10(9,12(15,16)17)5-11(24,13(18,19)20)14(21,22)23/h6-9,24H,3-5H2,1-2H3. The van der Waals surface area contributed by atoms with Gasteiger partial charge in [-0.05, 0) is 36.5 Å². The van der Waals surface area contributed by atoms with Crippen molar-refractivity contribution in [2.75, 3.05) is 0 Å². The molecular formula is C14H17F9O. The van der Waals surface area contributed by atoms with E-state index in [0.29, 0.717) is 0 Å². The molecule has 0 aromatic carbocycles. The molecule has 2 saturated carbocycles. The molecule has 0 aliphatic heterocycles. The fourth-order valence-electron chi connectivity index (χ4n) is 4.62. The zero-order chi connectivity index (χ0) is 18.9. The van der Waals surface area contributed by atoms with Crippen LogP contribution < -0.4 is 0 Å². The molecule has 1 nitrogen and oxygen atoms in total. The van der Waals surface area contributed by atoms with E-state index in [1.165, 1.54) is 6.92 Å². The molecule has 0 amide bonds. The van der Waals surface area contributed by atoms with Crippen LogP contribution in [0.4, 0.5) is 39.5 Å². The van der Waals surface area contributed by atoms with Gasteiger partial charge < -0.3 is 5.11 Å². The second-order valence-electron chi connectivity index (χ2n) is 7.21. The van der Waals surface area contributed by atoms with Gasteiger partial charge in [0, 0.05) is 6.42 Å². The Morgan fingerprint density at radius 2 is 1.33 bits per heavy atom. The van der Waals surface area contributed by atoms with Crippen molar-refractivity contribution in [3.63, 3.8) is 0 Å². The first-order chi connectivity index (χ1) is 10.5. The van der Waals surface area contributed by atoms with Crippen LogP contribution >= 0.6 is 0 Å². The highest BCUT2D eigenvalue weighted by molar-refractivity contribution is 5.13. The van der Waals surface area contributed by atoms with Gasteiger partial charge in [0.05, 0.1) is 5.41 Å². The van der Waals surface area contributed by atoms with Crippen LogP contribution in [0.1, 0.15) is 33.1 Å². The van der Waals surface area contributed by atoms with Crippen molar-refractivity contribution in [3.05, 3.63) is 0 Å². The molecule has 2 aliphatic rings. The van der Waals surface area contributed by atoms with Crippen LogP contribution in [0.3, 0.4) is 0 Å². The van der Waals surface area contributed by atoms with E-state index in [9.17, 15) is 44.6 Å². The van der Waals surface area contributed by atoms with Gasteiger partial charge in [0.25, 0.3) is 5.60 Å². The summed E-state index contributed by atoms with van der Waals surface area (Å²) >= 11 is 0. The highest BCUT2D eigenvalue weighted by atomic mass is 19.4. The van der Waals surface area contributed by atoms with Crippen LogP contribution in [0.2, 0.25) is 0 Å². The molecular weight excluding hydrogens is 355 g/mol. The highest BCUT2D eigenvalue weighted by Gasteiger charge is 2.78. The molecule has 2 fully saturated rings. The summed E-state index contributed by atoms with van der Waals surface area (Å²) in [4.78, 5) is 0. The van der Waals surface area contributed by atoms with E-state index in [0.717, 1.165) is 0 Å². The van der Waals surface area contributed by atoms with Gasteiger partial charge in [-0.25, -0.2) is 0 Å². The molecule has 5 unspecified atom stereocenters. The molecule has 1 N–H and O–H groups in total. The maximum absolute atomic E-state index is 13.6. The summed E-state index contributed by atoms with van der Waals surface area (Å²) in [7, 11) is 0. The Morgan fingerprint density at radius 1 is 0.875 bits per heavy atom. The first-order valence-corrected chi connectivity index (χ1v) is 7.40. The van der Waals surface area contributed by atoms with Crippen LogP contribution in [-0.4, -0.2) is 29.2 Å². The van der Waals surface area contributed by atoms with E-state index in [1.54, 1.807) is 6.92 Å². The van der Waals surface area contributed by atoms with Crippen molar-refractivity contribution in [2.45, 2.75) is 57.2 Å². The van der Waals surface area contributed by atoms with Crippen molar-refractivity contribution in [3.8, 4) is 0 Å². The van der Waals surface area contributed by atoms with Gasteiger partial charge in [-0.15, -0.1) is 0 Å². The van der Waals surface area contributed by atoms with E-state index < -0.39 is 60.1 Å². The van der Waals surface area contributed by atoms with E-state index in [-0.39, 0.29) is 12.3 Å². The maximum Gasteiger partial charge on any atom is 0.426 e. The second kappa shape index (κ2) is 5.17. The largest absolute Gasteiger partial charge is 0.426 e. The highest BCUT2D eigenvalue weighted by Crippen LogP contribution is 2.70. The number of halogens is 9. The Morgan fingerprint density at radius 3 is 1.62 bits per heavy atom. The quantitative estimate of drug-likeness (QED) is 0.670. The minimum absolute atomic E-state index is 0.0758. The number of hydrogen-bond acceptors (Lipinski definition) is 1. The van der Waals surface area contributed by atoms with Crippen LogP contribution in [0.5, 0.6) is 0 Å².